The molecule has 1 saturated heterocycles. The highest BCUT2D eigenvalue weighted by Crippen LogP contribution is 2.20. The number of β-amino-alcohol motifs (C(OH)–C–C–N with tert-alkyl or cyclic N) is 1. The molecule has 0 saturated carbocycles. The minimum Gasteiger partial charge on any atom is -0.467 e. The predicted molar refractivity (Wildman–Crippen MR) is 56.4 cm³/mol. The summed E-state index contributed by atoms with van der Waals surface area (Å²) in [7, 11) is 1.21. The van der Waals surface area contributed by atoms with Crippen LogP contribution in [0.15, 0.2) is 0 Å². The van der Waals surface area contributed by atoms with Crippen molar-refractivity contribution in [3.63, 3.8) is 0 Å². The summed E-state index contributed by atoms with van der Waals surface area (Å²) in [5.74, 6) is -1.12. The second-order valence-electron chi connectivity index (χ2n) is 4.30. The van der Waals surface area contributed by atoms with Gasteiger partial charge in [0.15, 0.2) is 5.60 Å². The first-order valence-corrected chi connectivity index (χ1v) is 5.22. The van der Waals surface area contributed by atoms with Gasteiger partial charge in [-0.15, -0.1) is 0 Å². The smallest absolute Gasteiger partial charge is 0.338 e. The second kappa shape index (κ2) is 4.80. The van der Waals surface area contributed by atoms with Crippen molar-refractivity contribution in [1.29, 1.82) is 0 Å². The molecule has 0 aromatic carbocycles. The van der Waals surface area contributed by atoms with Crippen molar-refractivity contribution in [3.8, 4) is 0 Å². The lowest BCUT2D eigenvalue weighted by atomic mass is 10.1. The number of primary amides is 1. The standard InChI is InChI=1S/C10H18N2O4/c1-10(15,9(14)16-2)6-12-5-3-4-7(12)8(11)13/h7,15H,3-6H2,1-2H3,(H2,11,13). The van der Waals surface area contributed by atoms with E-state index in [1.165, 1.54) is 14.0 Å². The molecule has 0 aromatic heterocycles. The number of hydrogen-bond acceptors (Lipinski definition) is 5. The van der Waals surface area contributed by atoms with E-state index in [1.54, 1.807) is 4.90 Å². The van der Waals surface area contributed by atoms with E-state index < -0.39 is 23.5 Å². The summed E-state index contributed by atoms with van der Waals surface area (Å²) in [6.45, 7) is 2.09. The van der Waals surface area contributed by atoms with Gasteiger partial charge in [0.05, 0.1) is 13.2 Å². The summed E-state index contributed by atoms with van der Waals surface area (Å²) in [6.07, 6.45) is 1.51. The lowest BCUT2D eigenvalue weighted by Crippen LogP contribution is -2.51. The molecule has 1 rings (SSSR count). The summed E-state index contributed by atoms with van der Waals surface area (Å²) in [5, 5.41) is 9.87. The van der Waals surface area contributed by atoms with E-state index in [-0.39, 0.29) is 6.54 Å². The highest BCUT2D eigenvalue weighted by molar-refractivity contribution is 5.81. The molecule has 0 spiro atoms. The molecule has 0 bridgehead atoms. The van der Waals surface area contributed by atoms with Gasteiger partial charge in [-0.25, -0.2) is 4.79 Å². The molecule has 2 unspecified atom stereocenters. The predicted octanol–water partition coefficient (Wildman–Crippen LogP) is -1.14. The van der Waals surface area contributed by atoms with Gasteiger partial charge in [-0.3, -0.25) is 9.69 Å². The third-order valence-electron chi connectivity index (χ3n) is 2.83. The van der Waals surface area contributed by atoms with Gasteiger partial charge in [-0.2, -0.15) is 0 Å². The molecule has 1 amide bonds. The number of aliphatic hydroxyl groups is 1. The van der Waals surface area contributed by atoms with Crippen molar-refractivity contribution in [2.24, 2.45) is 5.73 Å². The fraction of sp³-hybridized carbons (Fsp3) is 0.800. The van der Waals surface area contributed by atoms with E-state index in [1.807, 2.05) is 0 Å². The first-order valence-electron chi connectivity index (χ1n) is 5.22. The van der Waals surface area contributed by atoms with Crippen molar-refractivity contribution >= 4 is 11.9 Å². The van der Waals surface area contributed by atoms with E-state index >= 15 is 0 Å². The lowest BCUT2D eigenvalue weighted by Gasteiger charge is -2.29. The first kappa shape index (κ1) is 12.9. The molecule has 1 heterocycles. The zero-order valence-corrected chi connectivity index (χ0v) is 9.60. The number of ether oxygens (including phenoxy) is 1. The number of amides is 1. The van der Waals surface area contributed by atoms with Crippen molar-refractivity contribution < 1.29 is 19.4 Å². The highest BCUT2D eigenvalue weighted by atomic mass is 16.5. The number of nitrogens with two attached hydrogens (primary N) is 1. The molecular weight excluding hydrogens is 212 g/mol. The maximum atomic E-state index is 11.3. The van der Waals surface area contributed by atoms with E-state index in [4.69, 9.17) is 5.73 Å². The summed E-state index contributed by atoms with van der Waals surface area (Å²) in [5.41, 5.74) is 3.63. The summed E-state index contributed by atoms with van der Waals surface area (Å²) in [4.78, 5) is 24.1. The van der Waals surface area contributed by atoms with Crippen molar-refractivity contribution in [2.75, 3.05) is 20.2 Å². The van der Waals surface area contributed by atoms with E-state index in [0.29, 0.717) is 13.0 Å². The Morgan fingerprint density at radius 2 is 2.25 bits per heavy atom. The number of carbonyl (C=O) groups excluding carboxylic acids is 2. The monoisotopic (exact) mass is 230 g/mol. The van der Waals surface area contributed by atoms with Crippen molar-refractivity contribution in [2.45, 2.75) is 31.4 Å². The maximum Gasteiger partial charge on any atom is 0.338 e. The van der Waals surface area contributed by atoms with Gasteiger partial charge in [-0.05, 0) is 26.3 Å². The molecular formula is C10H18N2O4. The molecule has 2 atom stereocenters. The molecule has 1 aliphatic rings. The first-order chi connectivity index (χ1) is 7.38. The molecule has 16 heavy (non-hydrogen) atoms. The number of likely N-dealkylation sites (tertiary alicyclic amines) is 1. The molecule has 1 fully saturated rings. The van der Waals surface area contributed by atoms with Gasteiger partial charge in [0, 0.05) is 6.54 Å². The molecule has 6 heteroatoms. The van der Waals surface area contributed by atoms with Crippen LogP contribution in [-0.2, 0) is 14.3 Å². The number of nitrogens with zero attached hydrogens (tertiary/aromatic N) is 1. The summed E-state index contributed by atoms with van der Waals surface area (Å²) >= 11 is 0. The Hall–Kier alpha value is -1.14. The van der Waals surface area contributed by atoms with Gasteiger partial charge < -0.3 is 15.6 Å². The molecule has 92 valence electrons. The van der Waals surface area contributed by atoms with Crippen LogP contribution in [-0.4, -0.2) is 53.7 Å². The largest absolute Gasteiger partial charge is 0.467 e. The SMILES string of the molecule is COC(=O)C(C)(O)CN1CCCC1C(N)=O. The number of methoxy groups -OCH3 is 1. The van der Waals surface area contributed by atoms with Gasteiger partial charge in [0.2, 0.25) is 5.91 Å². The number of esters is 1. The van der Waals surface area contributed by atoms with Crippen LogP contribution < -0.4 is 5.73 Å². The van der Waals surface area contributed by atoms with Crippen LogP contribution in [0.3, 0.4) is 0 Å². The fourth-order valence-electron chi connectivity index (χ4n) is 2.02. The summed E-state index contributed by atoms with van der Waals surface area (Å²) in [6, 6.07) is -0.392. The third-order valence-corrected chi connectivity index (χ3v) is 2.83. The van der Waals surface area contributed by atoms with Crippen LogP contribution in [0.25, 0.3) is 0 Å². The molecule has 0 aromatic rings. The fourth-order valence-corrected chi connectivity index (χ4v) is 2.02. The second-order valence-corrected chi connectivity index (χ2v) is 4.30. The van der Waals surface area contributed by atoms with Crippen LogP contribution in [0.4, 0.5) is 0 Å². The normalized spacial score (nSPS) is 25.1. The molecule has 0 radical (unpaired) electrons. The number of hydrogen-bond donors (Lipinski definition) is 2. The quantitative estimate of drug-likeness (QED) is 0.595. The Bertz CT molecular complexity index is 291. The van der Waals surface area contributed by atoms with Crippen LogP contribution >= 0.6 is 0 Å². The zero-order valence-electron chi connectivity index (χ0n) is 9.60. The van der Waals surface area contributed by atoms with E-state index in [9.17, 15) is 14.7 Å². The number of carbonyl (C=O) groups is 2. The Morgan fingerprint density at radius 1 is 1.62 bits per heavy atom. The van der Waals surface area contributed by atoms with Gasteiger partial charge in [-0.1, -0.05) is 0 Å². The molecule has 1 aliphatic heterocycles. The maximum absolute atomic E-state index is 11.3. The Balaban J connectivity index is 2.66. The molecule has 3 N–H and O–H groups in total. The number of rotatable bonds is 4. The van der Waals surface area contributed by atoms with Gasteiger partial charge in [0.1, 0.15) is 0 Å². The van der Waals surface area contributed by atoms with Crippen molar-refractivity contribution in [3.05, 3.63) is 0 Å². The van der Waals surface area contributed by atoms with E-state index in [0.717, 1.165) is 6.42 Å². The molecule has 0 aliphatic carbocycles. The van der Waals surface area contributed by atoms with Gasteiger partial charge >= 0.3 is 5.97 Å². The Kier molecular flexibility index (Phi) is 3.88. The minimum atomic E-state index is -1.60. The lowest BCUT2D eigenvalue weighted by molar-refractivity contribution is -0.162. The van der Waals surface area contributed by atoms with Crippen LogP contribution in [0, 0.1) is 0 Å². The Labute approximate surface area is 94.3 Å². The zero-order chi connectivity index (χ0) is 12.3. The summed E-state index contributed by atoms with van der Waals surface area (Å²) < 4.78 is 4.49. The van der Waals surface area contributed by atoms with Crippen LogP contribution in [0.2, 0.25) is 0 Å². The topological polar surface area (TPSA) is 92.9 Å². The average molecular weight is 230 g/mol. The Morgan fingerprint density at radius 3 is 2.75 bits per heavy atom. The molecule has 6 nitrogen and oxygen atoms in total. The van der Waals surface area contributed by atoms with Crippen LogP contribution in [0.5, 0.6) is 0 Å². The van der Waals surface area contributed by atoms with Crippen molar-refractivity contribution in [1.82, 2.24) is 4.90 Å². The minimum absolute atomic E-state index is 0.0628. The van der Waals surface area contributed by atoms with E-state index in [2.05, 4.69) is 4.74 Å². The van der Waals surface area contributed by atoms with Gasteiger partial charge in [0.25, 0.3) is 0 Å². The third kappa shape index (κ3) is 2.70. The van der Waals surface area contributed by atoms with Crippen LogP contribution in [0.1, 0.15) is 19.8 Å². The highest BCUT2D eigenvalue weighted by Gasteiger charge is 2.38. The average Bonchev–Trinajstić information content (AvgIpc) is 2.63.